The third kappa shape index (κ3) is 5.82. The molecule has 0 aromatic heterocycles. The number of anilines is 2. The van der Waals surface area contributed by atoms with Crippen LogP contribution in [0, 0.1) is 0 Å². The van der Waals surface area contributed by atoms with E-state index in [0.29, 0.717) is 12.2 Å². The average molecular weight is 475 g/mol. The zero-order chi connectivity index (χ0) is 23.4. The van der Waals surface area contributed by atoms with Gasteiger partial charge in [-0.1, -0.05) is 30.3 Å². The van der Waals surface area contributed by atoms with Crippen molar-refractivity contribution in [3.63, 3.8) is 0 Å². The second-order valence-corrected chi connectivity index (χ2v) is 9.71. The highest BCUT2D eigenvalue weighted by Crippen LogP contribution is 2.32. The summed E-state index contributed by atoms with van der Waals surface area (Å²) in [6.07, 6.45) is 1.78. The van der Waals surface area contributed by atoms with Crippen molar-refractivity contribution in [2.24, 2.45) is 0 Å². The largest absolute Gasteiger partial charge is 0.444 e. The Labute approximate surface area is 193 Å². The number of benzene rings is 2. The van der Waals surface area contributed by atoms with E-state index in [4.69, 9.17) is 13.7 Å². The van der Waals surface area contributed by atoms with Gasteiger partial charge < -0.3 is 9.47 Å². The van der Waals surface area contributed by atoms with Crippen LogP contribution in [-0.2, 0) is 36.8 Å². The minimum Gasteiger partial charge on any atom is -0.444 e. The Morgan fingerprint density at radius 3 is 2.70 bits per heavy atom. The summed E-state index contributed by atoms with van der Waals surface area (Å²) in [4.78, 5) is 28.3. The first-order chi connectivity index (χ1) is 15.8. The van der Waals surface area contributed by atoms with Gasteiger partial charge in [-0.3, -0.25) is 14.0 Å². The second kappa shape index (κ2) is 9.80. The molecule has 2 amide bonds. The van der Waals surface area contributed by atoms with Gasteiger partial charge in [0.1, 0.15) is 19.3 Å². The Kier molecular flexibility index (Phi) is 6.85. The second-order valence-electron chi connectivity index (χ2n) is 8.07. The predicted molar refractivity (Wildman–Crippen MR) is 122 cm³/mol. The lowest BCUT2D eigenvalue weighted by Gasteiger charge is -2.23. The molecule has 0 unspecified atom stereocenters. The lowest BCUT2D eigenvalue weighted by Crippen LogP contribution is -2.32. The molecule has 0 N–H and O–H groups in total. The van der Waals surface area contributed by atoms with Gasteiger partial charge >= 0.3 is 12.2 Å². The van der Waals surface area contributed by atoms with Crippen LogP contribution in [0.4, 0.5) is 21.0 Å². The van der Waals surface area contributed by atoms with Gasteiger partial charge in [-0.2, -0.15) is 8.42 Å². The van der Waals surface area contributed by atoms with Crippen LogP contribution < -0.4 is 9.80 Å². The number of carbonyl (C=O) groups excluding carboxylic acids is 2. The van der Waals surface area contributed by atoms with Crippen LogP contribution in [-0.4, -0.2) is 52.7 Å². The quantitative estimate of drug-likeness (QED) is 0.591. The summed E-state index contributed by atoms with van der Waals surface area (Å²) < 4.78 is 37.9. The van der Waals surface area contributed by atoms with Crippen molar-refractivity contribution in [2.75, 3.05) is 35.8 Å². The molecular formula is C23H26N2O7S. The molecule has 1 saturated heterocycles. The molecule has 0 aliphatic carbocycles. The molecule has 4 rings (SSSR count). The summed E-state index contributed by atoms with van der Waals surface area (Å²) in [6, 6.07) is 14.9. The molecule has 2 aliphatic heterocycles. The van der Waals surface area contributed by atoms with Crippen molar-refractivity contribution in [3.8, 4) is 0 Å². The van der Waals surface area contributed by atoms with E-state index in [1.54, 1.807) is 11.0 Å². The molecule has 1 atom stereocenters. The number of carbonyl (C=O) groups is 2. The van der Waals surface area contributed by atoms with Crippen molar-refractivity contribution in [2.45, 2.75) is 32.0 Å². The SMILES string of the molecule is CS(=O)(=O)OC[C@H]1CN(c2ccc3c(c2)CCCCN3C(=O)OCc2ccccc2)C(=O)O1. The van der Waals surface area contributed by atoms with Gasteiger partial charge in [0.2, 0.25) is 0 Å². The highest BCUT2D eigenvalue weighted by atomic mass is 32.2. The maximum absolute atomic E-state index is 12.8. The van der Waals surface area contributed by atoms with E-state index in [1.165, 1.54) is 4.90 Å². The lowest BCUT2D eigenvalue weighted by atomic mass is 10.1. The molecule has 0 spiro atoms. The van der Waals surface area contributed by atoms with Crippen molar-refractivity contribution in [1.82, 2.24) is 0 Å². The minimum atomic E-state index is -3.62. The third-order valence-electron chi connectivity index (χ3n) is 5.51. The minimum absolute atomic E-state index is 0.177. The first-order valence-electron chi connectivity index (χ1n) is 10.7. The lowest BCUT2D eigenvalue weighted by molar-refractivity contribution is 0.107. The van der Waals surface area contributed by atoms with Gasteiger partial charge in [-0.15, -0.1) is 0 Å². The molecule has 10 heteroatoms. The number of hydrogen-bond acceptors (Lipinski definition) is 7. The fourth-order valence-corrected chi connectivity index (χ4v) is 4.31. The summed E-state index contributed by atoms with van der Waals surface area (Å²) in [7, 11) is -3.62. The molecule has 2 aromatic rings. The number of aryl methyl sites for hydroxylation is 1. The van der Waals surface area contributed by atoms with Crippen LogP contribution in [0.5, 0.6) is 0 Å². The molecule has 2 heterocycles. The summed E-state index contributed by atoms with van der Waals surface area (Å²) in [5, 5.41) is 0. The van der Waals surface area contributed by atoms with E-state index in [9.17, 15) is 18.0 Å². The Morgan fingerprint density at radius 1 is 1.15 bits per heavy atom. The number of hydrogen-bond donors (Lipinski definition) is 0. The number of ether oxygens (including phenoxy) is 2. The smallest absolute Gasteiger partial charge is 0.414 e. The predicted octanol–water partition coefficient (Wildman–Crippen LogP) is 3.47. The first-order valence-corrected chi connectivity index (χ1v) is 12.6. The van der Waals surface area contributed by atoms with Crippen LogP contribution in [0.2, 0.25) is 0 Å². The van der Waals surface area contributed by atoms with Gasteiger partial charge in [0.05, 0.1) is 18.5 Å². The molecule has 176 valence electrons. The van der Waals surface area contributed by atoms with Gasteiger partial charge in [0, 0.05) is 12.2 Å². The van der Waals surface area contributed by atoms with E-state index < -0.39 is 28.4 Å². The third-order valence-corrected chi connectivity index (χ3v) is 6.08. The maximum atomic E-state index is 12.8. The Bertz CT molecular complexity index is 1120. The molecule has 0 saturated carbocycles. The van der Waals surface area contributed by atoms with Crippen LogP contribution in [0.3, 0.4) is 0 Å². The molecular weight excluding hydrogens is 448 g/mol. The molecule has 0 bridgehead atoms. The molecule has 33 heavy (non-hydrogen) atoms. The molecule has 0 radical (unpaired) electrons. The van der Waals surface area contributed by atoms with E-state index in [-0.39, 0.29) is 19.8 Å². The molecule has 1 fully saturated rings. The van der Waals surface area contributed by atoms with E-state index in [1.807, 2.05) is 42.5 Å². The Morgan fingerprint density at radius 2 is 1.94 bits per heavy atom. The molecule has 9 nitrogen and oxygen atoms in total. The average Bonchev–Trinajstić information content (AvgIpc) is 3.03. The standard InChI is InChI=1S/C23H26N2O7S/c1-33(28,29)31-16-20-14-25(23(27)32-20)19-10-11-21-18(13-19)9-5-6-12-24(21)22(26)30-15-17-7-3-2-4-8-17/h2-4,7-8,10-11,13,20H,5-6,9,12,14-16H2,1H3/t20-/m1/s1. The number of cyclic esters (lactones) is 1. The van der Waals surface area contributed by atoms with Crippen LogP contribution >= 0.6 is 0 Å². The van der Waals surface area contributed by atoms with Gasteiger partial charge in [-0.25, -0.2) is 9.59 Å². The normalized spacial score (nSPS) is 18.5. The summed E-state index contributed by atoms with van der Waals surface area (Å²) in [6.45, 7) is 0.694. The van der Waals surface area contributed by atoms with Gasteiger partial charge in [0.15, 0.2) is 0 Å². The molecule has 2 aromatic carbocycles. The van der Waals surface area contributed by atoms with Crippen molar-refractivity contribution in [3.05, 3.63) is 59.7 Å². The van der Waals surface area contributed by atoms with Crippen LogP contribution in [0.1, 0.15) is 24.0 Å². The molecule has 2 aliphatic rings. The maximum Gasteiger partial charge on any atom is 0.414 e. The van der Waals surface area contributed by atoms with Crippen LogP contribution in [0.15, 0.2) is 48.5 Å². The van der Waals surface area contributed by atoms with Crippen LogP contribution in [0.25, 0.3) is 0 Å². The van der Waals surface area contributed by atoms with Gasteiger partial charge in [-0.05, 0) is 48.6 Å². The zero-order valence-corrected chi connectivity index (χ0v) is 19.1. The fraction of sp³-hybridized carbons (Fsp3) is 0.391. The highest BCUT2D eigenvalue weighted by molar-refractivity contribution is 7.85. The Hall–Kier alpha value is -3.11. The van der Waals surface area contributed by atoms with Crippen molar-refractivity contribution >= 4 is 33.7 Å². The summed E-state index contributed by atoms with van der Waals surface area (Å²) in [5.41, 5.74) is 3.24. The Balaban J connectivity index is 1.47. The van der Waals surface area contributed by atoms with E-state index in [0.717, 1.165) is 42.3 Å². The fourth-order valence-electron chi connectivity index (χ4n) is 3.91. The number of fused-ring (bicyclic) bond motifs is 1. The number of amides is 2. The summed E-state index contributed by atoms with van der Waals surface area (Å²) >= 11 is 0. The topological polar surface area (TPSA) is 102 Å². The monoisotopic (exact) mass is 474 g/mol. The number of rotatable bonds is 6. The van der Waals surface area contributed by atoms with E-state index in [2.05, 4.69) is 0 Å². The van der Waals surface area contributed by atoms with E-state index >= 15 is 0 Å². The van der Waals surface area contributed by atoms with Crippen molar-refractivity contribution in [1.29, 1.82) is 0 Å². The first kappa shape index (κ1) is 23.1. The summed E-state index contributed by atoms with van der Waals surface area (Å²) in [5.74, 6) is 0. The highest BCUT2D eigenvalue weighted by Gasteiger charge is 2.34. The number of nitrogens with zero attached hydrogens (tertiary/aromatic N) is 2. The van der Waals surface area contributed by atoms with Gasteiger partial charge in [0.25, 0.3) is 10.1 Å². The zero-order valence-electron chi connectivity index (χ0n) is 18.3. The van der Waals surface area contributed by atoms with Crippen molar-refractivity contribution < 1.29 is 31.7 Å².